The van der Waals surface area contributed by atoms with E-state index in [2.05, 4.69) is 32.4 Å². The topological polar surface area (TPSA) is 155 Å². The number of carboxylic acid groups (broad SMARTS) is 2. The highest BCUT2D eigenvalue weighted by Gasteiger charge is 2.23. The summed E-state index contributed by atoms with van der Waals surface area (Å²) in [5.41, 5.74) is 3.66. The van der Waals surface area contributed by atoms with Crippen molar-refractivity contribution in [2.24, 2.45) is 0 Å². The van der Waals surface area contributed by atoms with Gasteiger partial charge in [0, 0.05) is 88.5 Å². The van der Waals surface area contributed by atoms with Crippen molar-refractivity contribution in [3.63, 3.8) is 0 Å². The molecular formula is C29H38N6O7. The van der Waals surface area contributed by atoms with Crippen LogP contribution in [0.15, 0.2) is 54.6 Å². The standard InChI is InChI=1S/C25H34N6O3.C4H4O4/c1-19(32)26-20-4-7-22(8-5-20)29-14-16-31(17-15-29)25(33)27-21-6-9-24(34-3)23(18-21)30-12-10-28(2)11-13-30;5-3(6)1-2-4(7)8/h4-9,18H,10-17H2,1-3H3,(H,26,32)(H,27,33);1-2H,(H,5,6)(H,7,8)/b;2-1+. The van der Waals surface area contributed by atoms with Gasteiger partial charge in [-0.1, -0.05) is 0 Å². The molecule has 2 fully saturated rings. The van der Waals surface area contributed by atoms with Crippen molar-refractivity contribution in [3.8, 4) is 5.75 Å². The Morgan fingerprint density at radius 3 is 1.83 bits per heavy atom. The number of nitrogens with one attached hydrogen (secondary N) is 2. The Kier molecular flexibility index (Phi) is 11.6. The Hall–Kier alpha value is -4.78. The van der Waals surface area contributed by atoms with Crippen LogP contribution in [-0.4, -0.2) is 110 Å². The summed E-state index contributed by atoms with van der Waals surface area (Å²) in [6.45, 7) is 8.14. The maximum atomic E-state index is 12.9. The van der Waals surface area contributed by atoms with Crippen LogP contribution < -0.4 is 25.2 Å². The van der Waals surface area contributed by atoms with E-state index >= 15 is 0 Å². The number of hydrogen-bond donors (Lipinski definition) is 4. The normalized spacial score (nSPS) is 15.5. The molecule has 2 aromatic carbocycles. The number of anilines is 4. The molecule has 0 spiro atoms. The maximum Gasteiger partial charge on any atom is 0.328 e. The summed E-state index contributed by atoms with van der Waals surface area (Å²) in [4.78, 5) is 52.0. The van der Waals surface area contributed by atoms with E-state index in [1.54, 1.807) is 7.11 Å². The lowest BCUT2D eigenvalue weighted by Crippen LogP contribution is -2.50. The molecule has 13 heteroatoms. The lowest BCUT2D eigenvalue weighted by molar-refractivity contribution is -0.134. The van der Waals surface area contributed by atoms with E-state index in [0.717, 1.165) is 67.8 Å². The molecule has 2 aliphatic rings. The second-order valence-electron chi connectivity index (χ2n) is 9.82. The Morgan fingerprint density at radius 2 is 1.31 bits per heavy atom. The molecule has 0 atom stereocenters. The molecule has 4 rings (SSSR count). The minimum absolute atomic E-state index is 0.0834. The van der Waals surface area contributed by atoms with E-state index in [9.17, 15) is 19.2 Å². The third-order valence-electron chi connectivity index (χ3n) is 6.76. The molecule has 226 valence electrons. The van der Waals surface area contributed by atoms with Crippen LogP contribution in [-0.2, 0) is 14.4 Å². The zero-order valence-corrected chi connectivity index (χ0v) is 24.1. The predicted octanol–water partition coefficient (Wildman–Crippen LogP) is 2.47. The zero-order valence-electron chi connectivity index (χ0n) is 24.1. The summed E-state index contributed by atoms with van der Waals surface area (Å²) in [6, 6.07) is 13.5. The number of carbonyl (C=O) groups is 4. The number of urea groups is 1. The second kappa shape index (κ2) is 15.3. The van der Waals surface area contributed by atoms with Crippen LogP contribution in [0.4, 0.5) is 27.5 Å². The fourth-order valence-electron chi connectivity index (χ4n) is 4.53. The Balaban J connectivity index is 0.000000531. The summed E-state index contributed by atoms with van der Waals surface area (Å²) in [5, 5.41) is 21.5. The van der Waals surface area contributed by atoms with Crippen LogP contribution in [0.2, 0.25) is 0 Å². The number of methoxy groups -OCH3 is 1. The highest BCUT2D eigenvalue weighted by molar-refractivity contribution is 5.91. The molecule has 2 heterocycles. The fourth-order valence-corrected chi connectivity index (χ4v) is 4.53. The van der Waals surface area contributed by atoms with Crippen LogP contribution in [0, 0.1) is 0 Å². The van der Waals surface area contributed by atoms with E-state index in [0.29, 0.717) is 25.2 Å². The number of likely N-dealkylation sites (N-methyl/N-ethyl adjacent to an activating group) is 1. The van der Waals surface area contributed by atoms with E-state index in [4.69, 9.17) is 14.9 Å². The van der Waals surface area contributed by atoms with Crippen LogP contribution in [0.1, 0.15) is 6.92 Å². The van der Waals surface area contributed by atoms with Crippen LogP contribution in [0.3, 0.4) is 0 Å². The number of hydrogen-bond acceptors (Lipinski definition) is 8. The Bertz CT molecular complexity index is 1250. The zero-order chi connectivity index (χ0) is 30.6. The monoisotopic (exact) mass is 582 g/mol. The summed E-state index contributed by atoms with van der Waals surface area (Å²) in [5.74, 6) is -1.78. The third kappa shape index (κ3) is 9.70. The molecule has 0 aromatic heterocycles. The molecule has 2 aromatic rings. The van der Waals surface area contributed by atoms with Crippen molar-refractivity contribution < 1.29 is 34.1 Å². The van der Waals surface area contributed by atoms with Gasteiger partial charge in [0.25, 0.3) is 0 Å². The number of carboxylic acids is 2. The van der Waals surface area contributed by atoms with Gasteiger partial charge in [-0.25, -0.2) is 14.4 Å². The molecule has 4 N–H and O–H groups in total. The summed E-state index contributed by atoms with van der Waals surface area (Å²) < 4.78 is 5.58. The largest absolute Gasteiger partial charge is 0.495 e. The van der Waals surface area contributed by atoms with Crippen LogP contribution >= 0.6 is 0 Å². The van der Waals surface area contributed by atoms with Crippen molar-refractivity contribution in [1.82, 2.24) is 9.80 Å². The highest BCUT2D eigenvalue weighted by Crippen LogP contribution is 2.32. The lowest BCUT2D eigenvalue weighted by Gasteiger charge is -2.36. The number of piperazine rings is 2. The molecule has 13 nitrogen and oxygen atoms in total. The van der Waals surface area contributed by atoms with Gasteiger partial charge >= 0.3 is 18.0 Å². The number of rotatable bonds is 7. The van der Waals surface area contributed by atoms with Crippen molar-refractivity contribution >= 4 is 46.6 Å². The highest BCUT2D eigenvalue weighted by atomic mass is 16.5. The van der Waals surface area contributed by atoms with Crippen molar-refractivity contribution in [2.75, 3.05) is 86.9 Å². The van der Waals surface area contributed by atoms with Gasteiger partial charge in [-0.05, 0) is 49.5 Å². The number of benzene rings is 2. The summed E-state index contributed by atoms with van der Waals surface area (Å²) in [7, 11) is 3.81. The average Bonchev–Trinajstić information content (AvgIpc) is 2.97. The van der Waals surface area contributed by atoms with Gasteiger partial charge in [0.2, 0.25) is 5.91 Å². The van der Waals surface area contributed by atoms with Gasteiger partial charge in [-0.2, -0.15) is 0 Å². The molecule has 2 saturated heterocycles. The van der Waals surface area contributed by atoms with E-state index < -0.39 is 11.9 Å². The van der Waals surface area contributed by atoms with Gasteiger partial charge in [-0.15, -0.1) is 0 Å². The first kappa shape index (κ1) is 31.7. The average molecular weight is 583 g/mol. The second-order valence-corrected chi connectivity index (χ2v) is 9.82. The number of ether oxygens (including phenoxy) is 1. The fraction of sp³-hybridized carbons (Fsp3) is 0.379. The number of amides is 3. The molecule has 0 aliphatic carbocycles. The predicted molar refractivity (Wildman–Crippen MR) is 161 cm³/mol. The quantitative estimate of drug-likeness (QED) is 0.358. The minimum atomic E-state index is -1.26. The van der Waals surface area contributed by atoms with Gasteiger partial charge in [0.15, 0.2) is 0 Å². The molecule has 42 heavy (non-hydrogen) atoms. The first-order chi connectivity index (χ1) is 20.0. The summed E-state index contributed by atoms with van der Waals surface area (Å²) >= 11 is 0. The molecule has 3 amide bonds. The SMILES string of the molecule is COc1ccc(NC(=O)N2CCN(c3ccc(NC(C)=O)cc3)CC2)cc1N1CCN(C)CC1.O=C(O)/C=C/C(=O)O. The maximum absolute atomic E-state index is 12.9. The first-order valence-electron chi connectivity index (χ1n) is 13.5. The van der Waals surface area contributed by atoms with E-state index in [-0.39, 0.29) is 11.9 Å². The number of carbonyl (C=O) groups excluding carboxylic acids is 2. The first-order valence-corrected chi connectivity index (χ1v) is 13.5. The third-order valence-corrected chi connectivity index (χ3v) is 6.76. The van der Waals surface area contributed by atoms with Gasteiger partial charge in [0.05, 0.1) is 12.8 Å². The Morgan fingerprint density at radius 1 is 0.762 bits per heavy atom. The van der Waals surface area contributed by atoms with E-state index in [1.807, 2.05) is 47.4 Å². The van der Waals surface area contributed by atoms with E-state index in [1.165, 1.54) is 6.92 Å². The molecule has 0 bridgehead atoms. The van der Waals surface area contributed by atoms with Crippen molar-refractivity contribution in [1.29, 1.82) is 0 Å². The van der Waals surface area contributed by atoms with Gasteiger partial charge in [0.1, 0.15) is 5.75 Å². The molecular weight excluding hydrogens is 544 g/mol. The molecule has 0 saturated carbocycles. The number of aliphatic carboxylic acids is 2. The van der Waals surface area contributed by atoms with Crippen molar-refractivity contribution in [3.05, 3.63) is 54.6 Å². The number of nitrogens with zero attached hydrogens (tertiary/aromatic N) is 4. The molecule has 2 aliphatic heterocycles. The van der Waals surface area contributed by atoms with Gasteiger partial charge in [-0.3, -0.25) is 4.79 Å². The van der Waals surface area contributed by atoms with Crippen LogP contribution in [0.25, 0.3) is 0 Å². The van der Waals surface area contributed by atoms with Gasteiger partial charge < -0.3 is 45.2 Å². The molecule has 0 radical (unpaired) electrons. The minimum Gasteiger partial charge on any atom is -0.495 e. The van der Waals surface area contributed by atoms with Crippen LogP contribution in [0.5, 0.6) is 5.75 Å². The van der Waals surface area contributed by atoms with Crippen molar-refractivity contribution in [2.45, 2.75) is 6.92 Å². The lowest BCUT2D eigenvalue weighted by atomic mass is 10.2. The Labute approximate surface area is 244 Å². The smallest absolute Gasteiger partial charge is 0.328 e. The summed E-state index contributed by atoms with van der Waals surface area (Å²) in [6.07, 6.45) is 1.12. The molecule has 0 unspecified atom stereocenters.